The SMILES string of the molecule is CN1CCC(CNC(=O)N2CCC(C(=O)O)CC2)CC1. The van der Waals surface area contributed by atoms with E-state index in [0.717, 1.165) is 32.5 Å². The van der Waals surface area contributed by atoms with Crippen molar-refractivity contribution in [1.29, 1.82) is 0 Å². The highest BCUT2D eigenvalue weighted by Crippen LogP contribution is 2.18. The third-order valence-corrected chi connectivity index (χ3v) is 4.51. The molecule has 2 N–H and O–H groups in total. The van der Waals surface area contributed by atoms with Crippen molar-refractivity contribution < 1.29 is 14.7 Å². The number of piperidine rings is 2. The average molecular weight is 283 g/mol. The van der Waals surface area contributed by atoms with Gasteiger partial charge < -0.3 is 20.2 Å². The number of amides is 2. The van der Waals surface area contributed by atoms with Gasteiger partial charge >= 0.3 is 12.0 Å². The number of carboxylic acids is 1. The van der Waals surface area contributed by atoms with E-state index >= 15 is 0 Å². The van der Waals surface area contributed by atoms with Crippen molar-refractivity contribution in [3.63, 3.8) is 0 Å². The largest absolute Gasteiger partial charge is 0.481 e. The Morgan fingerprint density at radius 1 is 1.10 bits per heavy atom. The Hall–Kier alpha value is -1.30. The molecule has 2 amide bonds. The number of hydrogen-bond donors (Lipinski definition) is 2. The van der Waals surface area contributed by atoms with Crippen LogP contribution in [0.25, 0.3) is 0 Å². The molecule has 0 saturated carbocycles. The van der Waals surface area contributed by atoms with Gasteiger partial charge in [-0.1, -0.05) is 0 Å². The van der Waals surface area contributed by atoms with Crippen molar-refractivity contribution in [2.75, 3.05) is 39.8 Å². The minimum atomic E-state index is -0.739. The van der Waals surface area contributed by atoms with Crippen LogP contribution in [0.5, 0.6) is 0 Å². The number of aliphatic carboxylic acids is 1. The molecule has 2 aliphatic heterocycles. The van der Waals surface area contributed by atoms with Crippen LogP contribution in [-0.4, -0.2) is 66.7 Å². The molecule has 0 aromatic carbocycles. The summed E-state index contributed by atoms with van der Waals surface area (Å²) in [7, 11) is 2.13. The van der Waals surface area contributed by atoms with Gasteiger partial charge in [0.1, 0.15) is 0 Å². The minimum absolute atomic E-state index is 0.0345. The maximum absolute atomic E-state index is 12.0. The van der Waals surface area contributed by atoms with E-state index in [0.29, 0.717) is 31.8 Å². The van der Waals surface area contributed by atoms with Crippen LogP contribution in [0.15, 0.2) is 0 Å². The lowest BCUT2D eigenvalue weighted by Gasteiger charge is -2.32. The first-order chi connectivity index (χ1) is 9.56. The molecule has 6 nitrogen and oxygen atoms in total. The maximum Gasteiger partial charge on any atom is 0.317 e. The molecule has 2 rings (SSSR count). The van der Waals surface area contributed by atoms with E-state index in [1.54, 1.807) is 4.90 Å². The standard InChI is InChI=1S/C14H25N3O3/c1-16-6-2-11(3-7-16)10-15-14(20)17-8-4-12(5-9-17)13(18)19/h11-12H,2-10H2,1H3,(H,15,20)(H,18,19). The van der Waals surface area contributed by atoms with Gasteiger partial charge in [0.15, 0.2) is 0 Å². The number of carbonyl (C=O) groups is 2. The van der Waals surface area contributed by atoms with Crippen molar-refractivity contribution in [3.8, 4) is 0 Å². The van der Waals surface area contributed by atoms with Crippen LogP contribution in [-0.2, 0) is 4.79 Å². The molecule has 0 spiro atoms. The number of rotatable bonds is 3. The van der Waals surface area contributed by atoms with Gasteiger partial charge in [-0.2, -0.15) is 0 Å². The lowest BCUT2D eigenvalue weighted by molar-refractivity contribution is -0.143. The number of carbonyl (C=O) groups excluding carboxylic acids is 1. The summed E-state index contributed by atoms with van der Waals surface area (Å²) in [5.41, 5.74) is 0. The van der Waals surface area contributed by atoms with Crippen LogP contribution < -0.4 is 5.32 Å². The Morgan fingerprint density at radius 3 is 2.25 bits per heavy atom. The van der Waals surface area contributed by atoms with Gasteiger partial charge in [0.25, 0.3) is 0 Å². The first kappa shape index (κ1) is 15.1. The fourth-order valence-corrected chi connectivity index (χ4v) is 2.94. The van der Waals surface area contributed by atoms with E-state index in [9.17, 15) is 9.59 Å². The molecular weight excluding hydrogens is 258 g/mol. The summed E-state index contributed by atoms with van der Waals surface area (Å²) in [6.45, 7) is 4.05. The van der Waals surface area contributed by atoms with E-state index in [-0.39, 0.29) is 11.9 Å². The molecular formula is C14H25N3O3. The zero-order valence-corrected chi connectivity index (χ0v) is 12.2. The smallest absolute Gasteiger partial charge is 0.317 e. The number of hydrogen-bond acceptors (Lipinski definition) is 3. The molecule has 114 valence electrons. The van der Waals surface area contributed by atoms with E-state index in [1.807, 2.05) is 0 Å². The first-order valence-corrected chi connectivity index (χ1v) is 7.50. The topological polar surface area (TPSA) is 72.9 Å². The van der Waals surface area contributed by atoms with Crippen LogP contribution in [0.4, 0.5) is 4.79 Å². The molecule has 0 bridgehead atoms. The molecule has 6 heteroatoms. The van der Waals surface area contributed by atoms with Crippen LogP contribution >= 0.6 is 0 Å². The summed E-state index contributed by atoms with van der Waals surface area (Å²) in [5, 5.41) is 11.9. The van der Waals surface area contributed by atoms with Crippen molar-refractivity contribution in [1.82, 2.24) is 15.1 Å². The number of nitrogens with zero attached hydrogens (tertiary/aromatic N) is 2. The van der Waals surface area contributed by atoms with Gasteiger partial charge in [0.05, 0.1) is 5.92 Å². The fourth-order valence-electron chi connectivity index (χ4n) is 2.94. The Kier molecular flexibility index (Phi) is 5.23. The van der Waals surface area contributed by atoms with E-state index < -0.39 is 5.97 Å². The van der Waals surface area contributed by atoms with Crippen molar-refractivity contribution in [2.24, 2.45) is 11.8 Å². The van der Waals surface area contributed by atoms with Crippen molar-refractivity contribution in [2.45, 2.75) is 25.7 Å². The number of nitrogens with one attached hydrogen (secondary N) is 1. The molecule has 2 saturated heterocycles. The van der Waals surface area contributed by atoms with Crippen molar-refractivity contribution in [3.05, 3.63) is 0 Å². The zero-order chi connectivity index (χ0) is 14.5. The normalized spacial score (nSPS) is 22.8. The maximum atomic E-state index is 12.0. The first-order valence-electron chi connectivity index (χ1n) is 7.50. The Morgan fingerprint density at radius 2 is 1.70 bits per heavy atom. The predicted octanol–water partition coefficient (Wildman–Crippen LogP) is 0.834. The number of urea groups is 1. The number of likely N-dealkylation sites (tertiary alicyclic amines) is 2. The summed E-state index contributed by atoms with van der Waals surface area (Å²) in [5.74, 6) is -0.448. The van der Waals surface area contributed by atoms with Gasteiger partial charge in [-0.15, -0.1) is 0 Å². The monoisotopic (exact) mass is 283 g/mol. The van der Waals surface area contributed by atoms with Gasteiger partial charge in [-0.3, -0.25) is 4.79 Å². The van der Waals surface area contributed by atoms with Gasteiger partial charge in [0.2, 0.25) is 0 Å². The van der Waals surface area contributed by atoms with Gasteiger partial charge in [-0.05, 0) is 51.7 Å². The summed E-state index contributed by atoms with van der Waals surface area (Å²) >= 11 is 0. The molecule has 20 heavy (non-hydrogen) atoms. The van der Waals surface area contributed by atoms with Crippen LogP contribution in [0.1, 0.15) is 25.7 Å². The van der Waals surface area contributed by atoms with E-state index in [1.165, 1.54) is 0 Å². The third-order valence-electron chi connectivity index (χ3n) is 4.51. The lowest BCUT2D eigenvalue weighted by atomic mass is 9.97. The molecule has 0 atom stereocenters. The van der Waals surface area contributed by atoms with Crippen molar-refractivity contribution >= 4 is 12.0 Å². The summed E-state index contributed by atoms with van der Waals surface area (Å²) in [4.78, 5) is 27.0. The Balaban J connectivity index is 1.67. The molecule has 2 heterocycles. The minimum Gasteiger partial charge on any atom is -0.481 e. The van der Waals surface area contributed by atoms with Gasteiger partial charge in [-0.25, -0.2) is 4.79 Å². The van der Waals surface area contributed by atoms with E-state index in [2.05, 4.69) is 17.3 Å². The highest BCUT2D eigenvalue weighted by Gasteiger charge is 2.27. The van der Waals surface area contributed by atoms with E-state index in [4.69, 9.17) is 5.11 Å². The lowest BCUT2D eigenvalue weighted by Crippen LogP contribution is -2.47. The average Bonchev–Trinajstić information content (AvgIpc) is 2.46. The highest BCUT2D eigenvalue weighted by molar-refractivity contribution is 5.75. The van der Waals surface area contributed by atoms with Gasteiger partial charge in [0, 0.05) is 19.6 Å². The zero-order valence-electron chi connectivity index (χ0n) is 12.2. The Bertz CT molecular complexity index is 346. The molecule has 0 radical (unpaired) electrons. The Labute approximate surface area is 120 Å². The van der Waals surface area contributed by atoms with Crippen LogP contribution in [0.2, 0.25) is 0 Å². The summed E-state index contributed by atoms with van der Waals surface area (Å²) < 4.78 is 0. The van der Waals surface area contributed by atoms with Crippen LogP contribution in [0, 0.1) is 11.8 Å². The number of carboxylic acid groups (broad SMARTS) is 1. The summed E-state index contributed by atoms with van der Waals surface area (Å²) in [6, 6.07) is -0.0345. The quantitative estimate of drug-likeness (QED) is 0.805. The second-order valence-electron chi connectivity index (χ2n) is 6.03. The fraction of sp³-hybridized carbons (Fsp3) is 0.857. The second kappa shape index (κ2) is 6.92. The molecule has 0 unspecified atom stereocenters. The third kappa shape index (κ3) is 4.10. The van der Waals surface area contributed by atoms with Crippen LogP contribution in [0.3, 0.4) is 0 Å². The molecule has 0 aliphatic carbocycles. The molecule has 0 aromatic heterocycles. The predicted molar refractivity (Wildman–Crippen MR) is 75.6 cm³/mol. The molecule has 2 aliphatic rings. The highest BCUT2D eigenvalue weighted by atomic mass is 16.4. The second-order valence-corrected chi connectivity index (χ2v) is 6.03. The molecule has 2 fully saturated rings. The molecule has 0 aromatic rings. The summed E-state index contributed by atoms with van der Waals surface area (Å²) in [6.07, 6.45) is 3.41.